The number of carbonyl (C=O) groups excluding carboxylic acids is 2. The molecule has 3 saturated heterocycles. The summed E-state index contributed by atoms with van der Waals surface area (Å²) >= 11 is 0. The van der Waals surface area contributed by atoms with Gasteiger partial charge in [0.15, 0.2) is 5.96 Å². The molecule has 2 unspecified atom stereocenters. The highest BCUT2D eigenvalue weighted by molar-refractivity contribution is 14.0. The van der Waals surface area contributed by atoms with E-state index in [9.17, 15) is 9.59 Å². The highest BCUT2D eigenvalue weighted by atomic mass is 127. The minimum absolute atomic E-state index is 0. The van der Waals surface area contributed by atoms with Gasteiger partial charge in [0, 0.05) is 25.7 Å². The average Bonchev–Trinajstić information content (AvgIpc) is 3.14. The predicted molar refractivity (Wildman–Crippen MR) is 116 cm³/mol. The molecule has 3 N–H and O–H groups in total. The van der Waals surface area contributed by atoms with Crippen LogP contribution in [-0.4, -0.2) is 79.0 Å². The second-order valence-corrected chi connectivity index (χ2v) is 7.84. The Hall–Kier alpha value is -1.10. The lowest BCUT2D eigenvalue weighted by Crippen LogP contribution is -2.55. The van der Waals surface area contributed by atoms with Crippen molar-refractivity contribution in [1.82, 2.24) is 25.8 Å². The number of aliphatic imine (C=N–C) groups is 1. The molecule has 0 aliphatic carbocycles. The normalized spacial score (nSPS) is 30.1. The maximum Gasteiger partial charge on any atom is 0.322 e. The molecule has 0 radical (unpaired) electrons. The number of hydrogen-bond acceptors (Lipinski definition) is 4. The van der Waals surface area contributed by atoms with Crippen LogP contribution in [0.1, 0.15) is 39.5 Å². The van der Waals surface area contributed by atoms with E-state index in [1.165, 1.54) is 12.8 Å². The zero-order valence-corrected chi connectivity index (χ0v) is 18.9. The van der Waals surface area contributed by atoms with Gasteiger partial charge in [0.2, 0.25) is 0 Å². The molecule has 0 spiro atoms. The Morgan fingerprint density at radius 1 is 1.26 bits per heavy atom. The van der Waals surface area contributed by atoms with Crippen LogP contribution in [0.15, 0.2) is 4.99 Å². The summed E-state index contributed by atoms with van der Waals surface area (Å²) in [6, 6.07) is 0.160. The Morgan fingerprint density at radius 2 is 1.96 bits per heavy atom. The molecule has 0 aromatic heterocycles. The van der Waals surface area contributed by atoms with E-state index in [1.54, 1.807) is 0 Å². The number of likely N-dealkylation sites (tertiary alicyclic amines) is 2. The standard InChI is InChI=1S/C18H32N6O2.HI/c1-4-19-16(20-12-14-6-5-9-23(14)3)24-10-7-13(8-11-24)18(2)15(25)21-17(26)22-18;/h13-14H,4-12H2,1-3H3,(H,19,20)(H2,21,22,25,26);1H. The number of hydrogen-bond donors (Lipinski definition) is 3. The fourth-order valence-corrected chi connectivity index (χ4v) is 4.34. The van der Waals surface area contributed by atoms with Crippen LogP contribution in [-0.2, 0) is 4.79 Å². The van der Waals surface area contributed by atoms with Gasteiger partial charge in [-0.25, -0.2) is 4.79 Å². The molecule has 3 aliphatic heterocycles. The number of piperidine rings is 1. The Morgan fingerprint density at radius 3 is 2.48 bits per heavy atom. The van der Waals surface area contributed by atoms with Gasteiger partial charge in [-0.15, -0.1) is 24.0 Å². The van der Waals surface area contributed by atoms with Crippen LogP contribution in [0.25, 0.3) is 0 Å². The molecular formula is C18H33IN6O2. The first kappa shape index (κ1) is 22.2. The number of guanidine groups is 1. The van der Waals surface area contributed by atoms with Gasteiger partial charge >= 0.3 is 6.03 Å². The molecule has 0 aromatic rings. The Bertz CT molecular complexity index is 578. The third kappa shape index (κ3) is 4.85. The van der Waals surface area contributed by atoms with E-state index in [1.807, 2.05) is 6.92 Å². The average molecular weight is 492 g/mol. The van der Waals surface area contributed by atoms with Crippen molar-refractivity contribution in [3.8, 4) is 0 Å². The fourth-order valence-electron chi connectivity index (χ4n) is 4.34. The maximum absolute atomic E-state index is 12.2. The van der Waals surface area contributed by atoms with Gasteiger partial charge in [-0.1, -0.05) is 0 Å². The lowest BCUT2D eigenvalue weighted by molar-refractivity contribution is -0.125. The number of carbonyl (C=O) groups is 2. The fraction of sp³-hybridized carbons (Fsp3) is 0.833. The van der Waals surface area contributed by atoms with Gasteiger partial charge in [0.1, 0.15) is 5.54 Å². The first-order chi connectivity index (χ1) is 12.4. The Kier molecular flexibility index (Phi) is 7.73. The lowest BCUT2D eigenvalue weighted by atomic mass is 9.79. The SMILES string of the molecule is CCNC(=NCC1CCCN1C)N1CCC(C2(C)NC(=O)NC2=O)CC1.I. The van der Waals surface area contributed by atoms with Crippen LogP contribution in [0.5, 0.6) is 0 Å². The minimum Gasteiger partial charge on any atom is -0.357 e. The van der Waals surface area contributed by atoms with Gasteiger partial charge in [-0.2, -0.15) is 0 Å². The highest BCUT2D eigenvalue weighted by Crippen LogP contribution is 2.30. The van der Waals surface area contributed by atoms with Gasteiger partial charge in [-0.05, 0) is 59.0 Å². The van der Waals surface area contributed by atoms with Crippen molar-refractivity contribution >= 4 is 41.9 Å². The van der Waals surface area contributed by atoms with Crippen molar-refractivity contribution in [1.29, 1.82) is 0 Å². The summed E-state index contributed by atoms with van der Waals surface area (Å²) < 4.78 is 0. The van der Waals surface area contributed by atoms with E-state index >= 15 is 0 Å². The summed E-state index contributed by atoms with van der Waals surface area (Å²) in [6.45, 7) is 8.44. The van der Waals surface area contributed by atoms with Crippen LogP contribution >= 0.6 is 24.0 Å². The number of imide groups is 1. The number of nitrogens with zero attached hydrogens (tertiary/aromatic N) is 3. The quantitative estimate of drug-likeness (QED) is 0.236. The summed E-state index contributed by atoms with van der Waals surface area (Å²) in [4.78, 5) is 33.2. The van der Waals surface area contributed by atoms with E-state index in [-0.39, 0.29) is 41.8 Å². The zero-order valence-electron chi connectivity index (χ0n) is 16.6. The van der Waals surface area contributed by atoms with Crippen LogP contribution in [0.2, 0.25) is 0 Å². The number of halogens is 1. The third-order valence-corrected chi connectivity index (χ3v) is 6.14. The summed E-state index contributed by atoms with van der Waals surface area (Å²) in [6.07, 6.45) is 4.19. The van der Waals surface area contributed by atoms with E-state index in [0.717, 1.165) is 51.5 Å². The van der Waals surface area contributed by atoms with Crippen molar-refractivity contribution in [2.24, 2.45) is 10.9 Å². The van der Waals surface area contributed by atoms with Crippen molar-refractivity contribution < 1.29 is 9.59 Å². The zero-order chi connectivity index (χ0) is 18.7. The molecule has 0 aromatic carbocycles. The van der Waals surface area contributed by atoms with Gasteiger partial charge < -0.3 is 20.4 Å². The smallest absolute Gasteiger partial charge is 0.322 e. The summed E-state index contributed by atoms with van der Waals surface area (Å²) in [5.41, 5.74) is -0.786. The molecule has 3 rings (SSSR count). The van der Waals surface area contributed by atoms with Crippen molar-refractivity contribution in [2.45, 2.75) is 51.1 Å². The lowest BCUT2D eigenvalue weighted by Gasteiger charge is -2.39. The number of likely N-dealkylation sites (N-methyl/N-ethyl adjacent to an activating group) is 1. The first-order valence-corrected chi connectivity index (χ1v) is 9.81. The van der Waals surface area contributed by atoms with E-state index in [0.29, 0.717) is 6.04 Å². The van der Waals surface area contributed by atoms with Crippen LogP contribution in [0.3, 0.4) is 0 Å². The van der Waals surface area contributed by atoms with Crippen molar-refractivity contribution in [3.63, 3.8) is 0 Å². The maximum atomic E-state index is 12.2. The Balaban J connectivity index is 0.00000261. The van der Waals surface area contributed by atoms with Crippen LogP contribution in [0, 0.1) is 5.92 Å². The summed E-state index contributed by atoms with van der Waals surface area (Å²) in [5, 5.41) is 8.60. The molecule has 3 aliphatic rings. The molecular weight excluding hydrogens is 459 g/mol. The molecule has 27 heavy (non-hydrogen) atoms. The molecule has 154 valence electrons. The van der Waals surface area contributed by atoms with Crippen molar-refractivity contribution in [2.75, 3.05) is 39.8 Å². The molecule has 2 atom stereocenters. The highest BCUT2D eigenvalue weighted by Gasteiger charge is 2.48. The number of urea groups is 1. The van der Waals surface area contributed by atoms with Crippen molar-refractivity contribution in [3.05, 3.63) is 0 Å². The van der Waals surface area contributed by atoms with E-state index in [4.69, 9.17) is 4.99 Å². The van der Waals surface area contributed by atoms with E-state index in [2.05, 4.69) is 39.7 Å². The molecule has 8 nitrogen and oxygen atoms in total. The molecule has 3 fully saturated rings. The molecule has 3 heterocycles. The first-order valence-electron chi connectivity index (χ1n) is 9.81. The topological polar surface area (TPSA) is 89.1 Å². The second-order valence-electron chi connectivity index (χ2n) is 7.84. The van der Waals surface area contributed by atoms with Crippen LogP contribution in [0.4, 0.5) is 4.79 Å². The van der Waals surface area contributed by atoms with Gasteiger partial charge in [0.05, 0.1) is 6.54 Å². The third-order valence-electron chi connectivity index (χ3n) is 6.14. The number of amides is 3. The van der Waals surface area contributed by atoms with Gasteiger partial charge in [-0.3, -0.25) is 15.1 Å². The monoisotopic (exact) mass is 492 g/mol. The van der Waals surface area contributed by atoms with Crippen LogP contribution < -0.4 is 16.0 Å². The Labute approximate surface area is 178 Å². The minimum atomic E-state index is -0.786. The molecule has 0 saturated carbocycles. The van der Waals surface area contributed by atoms with E-state index < -0.39 is 5.54 Å². The van der Waals surface area contributed by atoms with Gasteiger partial charge in [0.25, 0.3) is 5.91 Å². The molecule has 9 heteroatoms. The number of rotatable bonds is 4. The molecule has 0 bridgehead atoms. The largest absolute Gasteiger partial charge is 0.357 e. The predicted octanol–water partition coefficient (Wildman–Crippen LogP) is 0.974. The number of nitrogens with one attached hydrogen (secondary N) is 3. The second kappa shape index (κ2) is 9.40. The summed E-state index contributed by atoms with van der Waals surface area (Å²) in [7, 11) is 2.17. The molecule has 3 amide bonds. The summed E-state index contributed by atoms with van der Waals surface area (Å²) in [5.74, 6) is 0.913.